The summed E-state index contributed by atoms with van der Waals surface area (Å²) in [6.07, 6.45) is 5.05. The molecule has 0 aromatic carbocycles. The maximum absolute atomic E-state index is 4.82. The van der Waals surface area contributed by atoms with E-state index in [2.05, 4.69) is 6.58 Å². The zero-order valence-corrected chi connectivity index (χ0v) is 4.55. The molecular formula is C6H10O. The van der Waals surface area contributed by atoms with Crippen LogP contribution in [0.25, 0.3) is 0 Å². The lowest BCUT2D eigenvalue weighted by atomic mass is 10.6. The van der Waals surface area contributed by atoms with Gasteiger partial charge in [0.1, 0.15) is 0 Å². The molecule has 0 aliphatic rings. The smallest absolute Gasteiger partial charge is 0.0845 e. The Morgan fingerprint density at radius 3 is 2.86 bits per heavy atom. The first-order valence-electron chi connectivity index (χ1n) is 2.31. The molecule has 0 unspecified atom stereocenters. The zero-order valence-electron chi connectivity index (χ0n) is 4.55. The van der Waals surface area contributed by atoms with Crippen molar-refractivity contribution >= 4 is 0 Å². The average Bonchev–Trinajstić information content (AvgIpc) is 1.69. The van der Waals surface area contributed by atoms with Gasteiger partial charge in [-0.25, -0.2) is 0 Å². The molecule has 0 aromatic rings. The van der Waals surface area contributed by atoms with Crippen LogP contribution in [0.3, 0.4) is 0 Å². The van der Waals surface area contributed by atoms with Crippen molar-refractivity contribution < 1.29 is 4.74 Å². The van der Waals surface area contributed by atoms with Crippen LogP contribution in [0, 0.1) is 0 Å². The molecule has 0 radical (unpaired) electrons. The number of allylic oxidation sites excluding steroid dienone is 2. The van der Waals surface area contributed by atoms with Gasteiger partial charge in [0.25, 0.3) is 0 Å². The molecule has 0 amide bonds. The quantitative estimate of drug-likeness (QED) is 0.386. The van der Waals surface area contributed by atoms with Crippen LogP contribution in [-0.4, -0.2) is 6.61 Å². The molecule has 0 N–H and O–H groups in total. The monoisotopic (exact) mass is 98.1 g/mol. The molecule has 7 heavy (non-hydrogen) atoms. The minimum Gasteiger partial charge on any atom is -0.501 e. The molecule has 1 heteroatoms. The molecule has 0 atom stereocenters. The number of hydrogen-bond acceptors (Lipinski definition) is 1. The average molecular weight is 98.1 g/mol. The SMILES string of the molecule is C=CC=COCC. The molecular weight excluding hydrogens is 88.1 g/mol. The Bertz CT molecular complexity index is 64.6. The Hall–Kier alpha value is -0.720. The summed E-state index contributed by atoms with van der Waals surface area (Å²) < 4.78 is 4.82. The largest absolute Gasteiger partial charge is 0.501 e. The minimum absolute atomic E-state index is 0.727. The van der Waals surface area contributed by atoms with Gasteiger partial charge in [0.15, 0.2) is 0 Å². The lowest BCUT2D eigenvalue weighted by Crippen LogP contribution is -1.73. The number of rotatable bonds is 3. The van der Waals surface area contributed by atoms with E-state index in [1.165, 1.54) is 0 Å². The first-order chi connectivity index (χ1) is 3.41. The molecule has 1 nitrogen and oxygen atoms in total. The van der Waals surface area contributed by atoms with Gasteiger partial charge in [-0.3, -0.25) is 0 Å². The van der Waals surface area contributed by atoms with Crippen LogP contribution in [0.15, 0.2) is 25.0 Å². The number of ether oxygens (including phenoxy) is 1. The summed E-state index contributed by atoms with van der Waals surface area (Å²) in [6.45, 7) is 6.13. The second-order valence-electron chi connectivity index (χ2n) is 1.02. The summed E-state index contributed by atoms with van der Waals surface area (Å²) in [4.78, 5) is 0. The summed E-state index contributed by atoms with van der Waals surface area (Å²) in [6, 6.07) is 0. The van der Waals surface area contributed by atoms with Gasteiger partial charge in [-0.15, -0.1) is 0 Å². The van der Waals surface area contributed by atoms with Crippen molar-refractivity contribution in [1.29, 1.82) is 0 Å². The summed E-state index contributed by atoms with van der Waals surface area (Å²) in [5.41, 5.74) is 0. The van der Waals surface area contributed by atoms with Crippen LogP contribution < -0.4 is 0 Å². The van der Waals surface area contributed by atoms with E-state index < -0.39 is 0 Å². The van der Waals surface area contributed by atoms with E-state index in [4.69, 9.17) is 4.74 Å². The Morgan fingerprint density at radius 2 is 2.43 bits per heavy atom. The highest BCUT2D eigenvalue weighted by Gasteiger charge is 1.61. The number of hydrogen-bond donors (Lipinski definition) is 0. The normalized spacial score (nSPS) is 9.29. The van der Waals surface area contributed by atoms with Crippen molar-refractivity contribution in [3.8, 4) is 0 Å². The molecule has 0 aromatic heterocycles. The Kier molecular flexibility index (Phi) is 4.74. The van der Waals surface area contributed by atoms with Gasteiger partial charge < -0.3 is 4.74 Å². The van der Waals surface area contributed by atoms with Crippen LogP contribution in [0.5, 0.6) is 0 Å². The summed E-state index contributed by atoms with van der Waals surface area (Å²) in [5.74, 6) is 0. The maximum Gasteiger partial charge on any atom is 0.0845 e. The highest BCUT2D eigenvalue weighted by molar-refractivity contribution is 4.92. The summed E-state index contributed by atoms with van der Waals surface area (Å²) in [5, 5.41) is 0. The third kappa shape index (κ3) is 5.28. The molecule has 0 bridgehead atoms. The third-order valence-electron chi connectivity index (χ3n) is 0.478. The predicted molar refractivity (Wildman–Crippen MR) is 31.0 cm³/mol. The van der Waals surface area contributed by atoms with Crippen molar-refractivity contribution in [2.24, 2.45) is 0 Å². The first-order valence-corrected chi connectivity index (χ1v) is 2.31. The van der Waals surface area contributed by atoms with Gasteiger partial charge in [-0.1, -0.05) is 12.7 Å². The van der Waals surface area contributed by atoms with E-state index in [0.717, 1.165) is 6.61 Å². The van der Waals surface area contributed by atoms with Gasteiger partial charge in [0.05, 0.1) is 12.9 Å². The van der Waals surface area contributed by atoms with E-state index in [9.17, 15) is 0 Å². The maximum atomic E-state index is 4.82. The third-order valence-corrected chi connectivity index (χ3v) is 0.478. The van der Waals surface area contributed by atoms with Crippen molar-refractivity contribution in [2.75, 3.05) is 6.61 Å². The topological polar surface area (TPSA) is 9.23 Å². The minimum atomic E-state index is 0.727. The van der Waals surface area contributed by atoms with E-state index in [1.807, 2.05) is 6.92 Å². The van der Waals surface area contributed by atoms with Crippen molar-refractivity contribution in [2.45, 2.75) is 6.92 Å². The molecule has 0 aliphatic carbocycles. The standard InChI is InChI=1S/C6H10O/c1-3-5-6-7-4-2/h3,5-6H,1,4H2,2H3. The molecule has 0 saturated heterocycles. The molecule has 0 fully saturated rings. The van der Waals surface area contributed by atoms with Crippen LogP contribution in [0.4, 0.5) is 0 Å². The van der Waals surface area contributed by atoms with E-state index in [0.29, 0.717) is 0 Å². The zero-order chi connectivity index (χ0) is 5.54. The lowest BCUT2D eigenvalue weighted by Gasteiger charge is -1.87. The fourth-order valence-electron chi connectivity index (χ4n) is 0.207. The van der Waals surface area contributed by atoms with Gasteiger partial charge in [0.2, 0.25) is 0 Å². The van der Waals surface area contributed by atoms with Crippen molar-refractivity contribution in [3.05, 3.63) is 25.0 Å². The Balaban J connectivity index is 2.92. The van der Waals surface area contributed by atoms with Crippen molar-refractivity contribution in [3.63, 3.8) is 0 Å². The molecule has 0 saturated carbocycles. The molecule has 0 heterocycles. The fourth-order valence-corrected chi connectivity index (χ4v) is 0.207. The second-order valence-corrected chi connectivity index (χ2v) is 1.02. The first kappa shape index (κ1) is 6.28. The van der Waals surface area contributed by atoms with Gasteiger partial charge in [0, 0.05) is 0 Å². The second kappa shape index (κ2) is 5.28. The van der Waals surface area contributed by atoms with Gasteiger partial charge in [-0.05, 0) is 13.0 Å². The van der Waals surface area contributed by atoms with E-state index >= 15 is 0 Å². The molecule has 40 valence electrons. The molecule has 0 aliphatic heterocycles. The molecule has 0 rings (SSSR count). The van der Waals surface area contributed by atoms with Gasteiger partial charge in [-0.2, -0.15) is 0 Å². The van der Waals surface area contributed by atoms with Gasteiger partial charge >= 0.3 is 0 Å². The van der Waals surface area contributed by atoms with E-state index in [-0.39, 0.29) is 0 Å². The summed E-state index contributed by atoms with van der Waals surface area (Å²) >= 11 is 0. The summed E-state index contributed by atoms with van der Waals surface area (Å²) in [7, 11) is 0. The van der Waals surface area contributed by atoms with Crippen LogP contribution in [0.2, 0.25) is 0 Å². The van der Waals surface area contributed by atoms with Crippen LogP contribution in [-0.2, 0) is 4.74 Å². The lowest BCUT2D eigenvalue weighted by molar-refractivity contribution is 0.269. The Labute approximate surface area is 44.3 Å². The highest BCUT2D eigenvalue weighted by Crippen LogP contribution is 1.74. The Morgan fingerprint density at radius 1 is 1.71 bits per heavy atom. The highest BCUT2D eigenvalue weighted by atomic mass is 16.5. The van der Waals surface area contributed by atoms with E-state index in [1.54, 1.807) is 18.4 Å². The molecule has 0 spiro atoms. The van der Waals surface area contributed by atoms with Crippen LogP contribution >= 0.6 is 0 Å². The van der Waals surface area contributed by atoms with Crippen LogP contribution in [0.1, 0.15) is 6.92 Å². The van der Waals surface area contributed by atoms with Crippen molar-refractivity contribution in [1.82, 2.24) is 0 Å². The fraction of sp³-hybridized carbons (Fsp3) is 0.333. The predicted octanol–water partition coefficient (Wildman–Crippen LogP) is 1.72.